The molecule has 0 spiro atoms. The summed E-state index contributed by atoms with van der Waals surface area (Å²) in [5.74, 6) is -0.549. The van der Waals surface area contributed by atoms with Crippen molar-refractivity contribution in [2.24, 2.45) is 0 Å². The predicted octanol–water partition coefficient (Wildman–Crippen LogP) is 2.31. The molecule has 1 aromatic heterocycles. The first kappa shape index (κ1) is 4.64. The monoisotopic (exact) mass is 250 g/mol. The molecule has 1 aromatic rings. The molecule has 0 bridgehead atoms. The lowest BCUT2D eigenvalue weighted by atomic mass is 10.1. The number of halogens is 1. The third-order valence-corrected chi connectivity index (χ3v) is 1.99. The van der Waals surface area contributed by atoms with Crippen molar-refractivity contribution in [3.8, 4) is 0 Å². The number of nitrogens with one attached hydrogen (secondary N) is 2. The van der Waals surface area contributed by atoms with Gasteiger partial charge in [-0.05, 0) is 45.0 Å². The Balaban J connectivity index is 2.51. The van der Waals surface area contributed by atoms with Crippen molar-refractivity contribution in [2.75, 3.05) is 10.6 Å². The molecule has 0 unspecified atom stereocenters. The Morgan fingerprint density at radius 2 is 1.94 bits per heavy atom. The van der Waals surface area contributed by atoms with E-state index in [1.54, 1.807) is 0 Å². The van der Waals surface area contributed by atoms with Crippen molar-refractivity contribution in [1.82, 2.24) is 15.0 Å². The van der Waals surface area contributed by atoms with E-state index in [4.69, 9.17) is 23.9 Å². The quantitative estimate of drug-likeness (QED) is 0.862. The zero-order valence-electron chi connectivity index (χ0n) is 17.2. The molecule has 1 aliphatic rings. The molecular weight excluding hydrogens is 226 g/mol. The maximum absolute atomic E-state index is 7.56. The Bertz CT molecular complexity index is 601. The van der Waals surface area contributed by atoms with E-state index in [2.05, 4.69) is 20.3 Å². The summed E-state index contributed by atoms with van der Waals surface area (Å²) >= 11 is 5.76. The molecule has 0 aliphatic heterocycles. The second-order valence-electron chi connectivity index (χ2n) is 3.55. The summed E-state index contributed by atoms with van der Waals surface area (Å²) < 4.78 is 68.0. The summed E-state index contributed by atoms with van der Waals surface area (Å²) in [6.07, 6.45) is 1.77. The van der Waals surface area contributed by atoms with Gasteiger partial charge < -0.3 is 10.6 Å². The second kappa shape index (κ2) is 4.05. The van der Waals surface area contributed by atoms with Crippen LogP contribution in [0.1, 0.15) is 45.7 Å². The van der Waals surface area contributed by atoms with Gasteiger partial charge in [-0.15, -0.1) is 0 Å². The van der Waals surface area contributed by atoms with Gasteiger partial charge in [-0.25, -0.2) is 0 Å². The van der Waals surface area contributed by atoms with Crippen molar-refractivity contribution in [3.63, 3.8) is 0 Å². The van der Waals surface area contributed by atoms with E-state index < -0.39 is 32.0 Å². The Hall–Kier alpha value is -1.10. The van der Waals surface area contributed by atoms with Crippen LogP contribution >= 0.6 is 11.6 Å². The first-order valence-electron chi connectivity index (χ1n) is 9.14. The number of aromatic nitrogens is 3. The van der Waals surface area contributed by atoms with E-state index in [1.165, 1.54) is 0 Å². The topological polar surface area (TPSA) is 62.7 Å². The predicted molar refractivity (Wildman–Crippen MR) is 64.9 cm³/mol. The van der Waals surface area contributed by atoms with Gasteiger partial charge in [0.25, 0.3) is 0 Å². The van der Waals surface area contributed by atoms with Gasteiger partial charge in [-0.2, -0.15) is 15.0 Å². The number of rotatable bonds is 3. The summed E-state index contributed by atoms with van der Waals surface area (Å²) in [5, 5.41) is 4.57. The summed E-state index contributed by atoms with van der Waals surface area (Å²) in [5.41, 5.74) is -3.28. The molecule has 1 aliphatic carbocycles. The summed E-state index contributed by atoms with van der Waals surface area (Å²) in [7, 11) is 0. The van der Waals surface area contributed by atoms with Crippen molar-refractivity contribution >= 4 is 23.5 Å². The van der Waals surface area contributed by atoms with Crippen LogP contribution in [0, 0.1) is 0 Å². The highest BCUT2D eigenvalue weighted by Crippen LogP contribution is 2.24. The molecule has 1 saturated carbocycles. The average Bonchev–Trinajstić information content (AvgIpc) is 3.14. The molecule has 0 saturated heterocycles. The van der Waals surface area contributed by atoms with Crippen LogP contribution in [0.25, 0.3) is 0 Å². The summed E-state index contributed by atoms with van der Waals surface area (Å²) in [4.78, 5) is 11.3. The van der Waals surface area contributed by atoms with E-state index in [0.29, 0.717) is 0 Å². The van der Waals surface area contributed by atoms with Crippen LogP contribution in [0.2, 0.25) is 5.28 Å². The smallest absolute Gasteiger partial charge is 0.229 e. The van der Waals surface area contributed by atoms with Crippen molar-refractivity contribution in [1.29, 1.82) is 0 Å². The van der Waals surface area contributed by atoms with E-state index in [-0.39, 0.29) is 17.3 Å². The molecule has 1 heterocycles. The SMILES string of the molecule is [2H]C([2H])([2H])C(Nc1nc(Cl)nc(NC2CC2)n1)(C([2H])([2H])[2H])C([2H])([2H])[2H]. The van der Waals surface area contributed by atoms with Gasteiger partial charge in [0.05, 0.1) is 0 Å². The fraction of sp³-hybridized carbons (Fsp3) is 0.700. The molecule has 5 nitrogen and oxygen atoms in total. The van der Waals surface area contributed by atoms with Crippen LogP contribution in [-0.4, -0.2) is 26.5 Å². The van der Waals surface area contributed by atoms with E-state index in [1.807, 2.05) is 5.32 Å². The lowest BCUT2D eigenvalue weighted by molar-refractivity contribution is 0.625. The maximum Gasteiger partial charge on any atom is 0.229 e. The molecule has 0 amide bonds. The Morgan fingerprint density at radius 3 is 2.56 bits per heavy atom. The van der Waals surface area contributed by atoms with E-state index in [9.17, 15) is 0 Å². The minimum Gasteiger partial charge on any atom is -0.351 e. The summed E-state index contributed by atoms with van der Waals surface area (Å²) in [6, 6.07) is 0.129. The first-order chi connectivity index (χ1) is 11.2. The third kappa shape index (κ3) is 3.48. The van der Waals surface area contributed by atoms with Gasteiger partial charge in [0.1, 0.15) is 0 Å². The van der Waals surface area contributed by atoms with Gasteiger partial charge in [0.15, 0.2) is 0 Å². The highest BCUT2D eigenvalue weighted by molar-refractivity contribution is 6.28. The first-order valence-corrected chi connectivity index (χ1v) is 5.01. The fourth-order valence-corrected chi connectivity index (χ4v) is 1.21. The van der Waals surface area contributed by atoms with Gasteiger partial charge in [-0.3, -0.25) is 0 Å². The fourth-order valence-electron chi connectivity index (χ4n) is 1.05. The standard InChI is InChI=1S/C10H16ClN5/c1-10(2,3)16-9-14-7(11)13-8(15-9)12-6-4-5-6/h6H,4-5H2,1-3H3,(H2,12,13,14,15,16)/i1D3,2D3,3D3. The van der Waals surface area contributed by atoms with Crippen molar-refractivity contribution < 1.29 is 12.3 Å². The normalized spacial score (nSPS) is 26.7. The third-order valence-electron chi connectivity index (χ3n) is 1.82. The van der Waals surface area contributed by atoms with Crippen LogP contribution < -0.4 is 10.6 Å². The van der Waals surface area contributed by atoms with Crippen LogP contribution in [-0.2, 0) is 0 Å². The maximum atomic E-state index is 7.56. The molecule has 16 heavy (non-hydrogen) atoms. The van der Waals surface area contributed by atoms with Gasteiger partial charge in [0, 0.05) is 23.9 Å². The number of nitrogens with zero attached hydrogens (tertiary/aromatic N) is 3. The molecule has 0 aromatic carbocycles. The van der Waals surface area contributed by atoms with Gasteiger partial charge in [-0.1, -0.05) is 0 Å². The molecule has 88 valence electrons. The number of hydrogen-bond donors (Lipinski definition) is 2. The number of hydrogen-bond acceptors (Lipinski definition) is 5. The minimum absolute atomic E-state index is 0.000487. The zero-order chi connectivity index (χ0) is 19.3. The Labute approximate surface area is 113 Å². The molecule has 6 heteroatoms. The summed E-state index contributed by atoms with van der Waals surface area (Å²) in [6.45, 7) is -10.3. The number of anilines is 2. The lowest BCUT2D eigenvalue weighted by Gasteiger charge is -2.20. The van der Waals surface area contributed by atoms with Crippen LogP contribution in [0.15, 0.2) is 0 Å². The van der Waals surface area contributed by atoms with Gasteiger partial charge in [0.2, 0.25) is 17.2 Å². The highest BCUT2D eigenvalue weighted by atomic mass is 35.5. The largest absolute Gasteiger partial charge is 0.351 e. The Kier molecular flexibility index (Phi) is 1.18. The molecule has 1 fully saturated rings. The van der Waals surface area contributed by atoms with Crippen molar-refractivity contribution in [3.05, 3.63) is 5.28 Å². The van der Waals surface area contributed by atoms with Crippen molar-refractivity contribution in [2.45, 2.75) is 45.0 Å². The molecule has 0 atom stereocenters. The second-order valence-corrected chi connectivity index (χ2v) is 3.88. The average molecular weight is 251 g/mol. The van der Waals surface area contributed by atoms with E-state index in [0.717, 1.165) is 12.8 Å². The molecular formula is C10H16ClN5. The lowest BCUT2D eigenvalue weighted by Crippen LogP contribution is -2.27. The highest BCUT2D eigenvalue weighted by Gasteiger charge is 2.22. The van der Waals surface area contributed by atoms with E-state index >= 15 is 0 Å². The van der Waals surface area contributed by atoms with Crippen LogP contribution in [0.3, 0.4) is 0 Å². The van der Waals surface area contributed by atoms with Gasteiger partial charge >= 0.3 is 0 Å². The van der Waals surface area contributed by atoms with Crippen LogP contribution in [0.5, 0.6) is 0 Å². The Morgan fingerprint density at radius 1 is 1.25 bits per heavy atom. The zero-order valence-corrected chi connectivity index (χ0v) is 8.97. The van der Waals surface area contributed by atoms with Crippen LogP contribution in [0.4, 0.5) is 11.9 Å². The molecule has 0 radical (unpaired) electrons. The molecule has 2 N–H and O–H groups in total. The molecule has 2 rings (SSSR count). The minimum atomic E-state index is -3.42.